The molecule has 0 fully saturated rings. The zero-order chi connectivity index (χ0) is 8.97. The van der Waals surface area contributed by atoms with Gasteiger partial charge in [-0.3, -0.25) is 4.79 Å². The third kappa shape index (κ3) is 2.08. The van der Waals surface area contributed by atoms with Gasteiger partial charge in [0.1, 0.15) is 0 Å². The van der Waals surface area contributed by atoms with Gasteiger partial charge in [-0.25, -0.2) is 4.39 Å². The first-order valence-corrected chi connectivity index (χ1v) is 4.80. The lowest BCUT2D eigenvalue weighted by Crippen LogP contribution is -2.10. The summed E-state index contributed by atoms with van der Waals surface area (Å²) in [6.45, 7) is 0. The van der Waals surface area contributed by atoms with Crippen molar-refractivity contribution in [3.63, 3.8) is 0 Å². The van der Waals surface area contributed by atoms with Gasteiger partial charge in [0.05, 0.1) is 0 Å². The second kappa shape index (κ2) is 4.26. The molecule has 0 aliphatic carbocycles. The molecule has 0 heterocycles. The molecular formula is C9H9FOS. The van der Waals surface area contributed by atoms with E-state index in [0.717, 1.165) is 11.8 Å². The van der Waals surface area contributed by atoms with Crippen molar-refractivity contribution in [2.75, 3.05) is 6.26 Å². The van der Waals surface area contributed by atoms with E-state index in [2.05, 4.69) is 0 Å². The number of thioether (sulfide) groups is 1. The van der Waals surface area contributed by atoms with Gasteiger partial charge in [0.25, 0.3) is 0 Å². The minimum absolute atomic E-state index is 0.430. The predicted molar refractivity (Wildman–Crippen MR) is 49.2 cm³/mol. The third-order valence-corrected chi connectivity index (χ3v) is 2.10. The average Bonchev–Trinajstić information content (AvgIpc) is 2.17. The van der Waals surface area contributed by atoms with Gasteiger partial charge >= 0.3 is 0 Å². The Kier molecular flexibility index (Phi) is 3.29. The summed E-state index contributed by atoms with van der Waals surface area (Å²) in [5.41, 5.74) is -1.01. The van der Waals surface area contributed by atoms with Crippen LogP contribution in [0, 0.1) is 0 Å². The first kappa shape index (κ1) is 9.26. The van der Waals surface area contributed by atoms with E-state index in [1.807, 2.05) is 0 Å². The van der Waals surface area contributed by atoms with Crippen molar-refractivity contribution in [3.05, 3.63) is 35.9 Å². The summed E-state index contributed by atoms with van der Waals surface area (Å²) < 4.78 is 12.8. The maximum atomic E-state index is 12.8. The number of alkyl halides is 1. The summed E-state index contributed by atoms with van der Waals surface area (Å²) in [6, 6.07) is 8.47. The van der Waals surface area contributed by atoms with Crippen molar-refractivity contribution < 1.29 is 9.18 Å². The number of carbonyl (C=O) groups excluding carboxylic acids is 1. The molecule has 0 spiro atoms. The molecule has 0 N–H and O–H groups in total. The molecule has 1 aromatic carbocycles. The van der Waals surface area contributed by atoms with Gasteiger partial charge in [-0.05, 0) is 6.26 Å². The van der Waals surface area contributed by atoms with Gasteiger partial charge in [0.15, 0.2) is 0 Å². The van der Waals surface area contributed by atoms with Gasteiger partial charge in [0, 0.05) is 5.56 Å². The molecule has 1 nitrogen and oxygen atoms in total. The van der Waals surface area contributed by atoms with E-state index in [4.69, 9.17) is 0 Å². The maximum absolute atomic E-state index is 12.8. The van der Waals surface area contributed by atoms with Crippen LogP contribution in [0.4, 0.5) is 4.39 Å². The summed E-state index contributed by atoms with van der Waals surface area (Å²) in [5.74, 6) is -0.455. The number of carbonyl (C=O) groups is 1. The molecule has 0 saturated carbocycles. The topological polar surface area (TPSA) is 17.1 Å². The summed E-state index contributed by atoms with van der Waals surface area (Å²) in [7, 11) is 0. The van der Waals surface area contributed by atoms with Gasteiger partial charge in [-0.2, -0.15) is 0 Å². The molecule has 1 unspecified atom stereocenters. The highest BCUT2D eigenvalue weighted by atomic mass is 32.2. The lowest BCUT2D eigenvalue weighted by atomic mass is 10.1. The van der Waals surface area contributed by atoms with E-state index in [1.165, 1.54) is 0 Å². The minimum atomic E-state index is -1.44. The number of Topliss-reactive ketones (excluding diaryl/α,β-unsaturated/α-hetero) is 1. The molecule has 1 aromatic rings. The number of rotatable bonds is 3. The molecule has 0 aromatic heterocycles. The highest BCUT2D eigenvalue weighted by Crippen LogP contribution is 2.14. The van der Waals surface area contributed by atoms with Crippen molar-refractivity contribution in [2.24, 2.45) is 0 Å². The fraction of sp³-hybridized carbons (Fsp3) is 0.222. The van der Waals surface area contributed by atoms with Crippen LogP contribution >= 0.6 is 11.8 Å². The number of halogens is 1. The van der Waals surface area contributed by atoms with Crippen LogP contribution in [0.5, 0.6) is 0 Å². The Morgan fingerprint density at radius 1 is 1.42 bits per heavy atom. The highest BCUT2D eigenvalue weighted by Gasteiger charge is 2.16. The van der Waals surface area contributed by atoms with Crippen molar-refractivity contribution in [2.45, 2.75) is 5.50 Å². The van der Waals surface area contributed by atoms with Crippen molar-refractivity contribution in [1.82, 2.24) is 0 Å². The van der Waals surface area contributed by atoms with Crippen molar-refractivity contribution >= 4 is 17.5 Å². The Morgan fingerprint density at radius 2 is 2.00 bits per heavy atom. The molecule has 0 amide bonds. The predicted octanol–water partition coefficient (Wildman–Crippen LogP) is 2.53. The summed E-state index contributed by atoms with van der Waals surface area (Å²) in [4.78, 5) is 11.2. The third-order valence-electron chi connectivity index (χ3n) is 1.47. The van der Waals surface area contributed by atoms with E-state index in [1.54, 1.807) is 36.6 Å². The van der Waals surface area contributed by atoms with E-state index < -0.39 is 11.3 Å². The smallest absolute Gasteiger partial charge is 0.208 e. The normalized spacial score (nSPS) is 12.5. The Balaban J connectivity index is 2.79. The monoisotopic (exact) mass is 184 g/mol. The molecule has 0 bridgehead atoms. The molecule has 64 valence electrons. The first-order chi connectivity index (χ1) is 5.75. The second-order valence-corrected chi connectivity index (χ2v) is 3.17. The van der Waals surface area contributed by atoms with Crippen molar-refractivity contribution in [3.8, 4) is 0 Å². The molecular weight excluding hydrogens is 175 g/mol. The number of hydrogen-bond acceptors (Lipinski definition) is 2. The average molecular weight is 184 g/mol. The van der Waals surface area contributed by atoms with E-state index >= 15 is 0 Å². The maximum Gasteiger partial charge on any atom is 0.208 e. The number of benzene rings is 1. The lowest BCUT2D eigenvalue weighted by Gasteiger charge is -2.02. The molecule has 0 aliphatic heterocycles. The molecule has 3 heteroatoms. The standard InChI is InChI=1S/C9H9FOS/c1-12-9(10)8(11)7-5-3-2-4-6-7/h2-6,9H,1H3. The quantitative estimate of drug-likeness (QED) is 0.671. The van der Waals surface area contributed by atoms with E-state index in [0.29, 0.717) is 5.56 Å². The molecule has 1 rings (SSSR count). The van der Waals surface area contributed by atoms with Gasteiger partial charge in [-0.15, -0.1) is 11.8 Å². The Morgan fingerprint density at radius 3 is 2.50 bits per heavy atom. The molecule has 12 heavy (non-hydrogen) atoms. The molecule has 0 radical (unpaired) electrons. The largest absolute Gasteiger partial charge is 0.290 e. The van der Waals surface area contributed by atoms with Crippen molar-refractivity contribution in [1.29, 1.82) is 0 Å². The van der Waals surface area contributed by atoms with Gasteiger partial charge in [0.2, 0.25) is 11.3 Å². The Bertz CT molecular complexity index is 260. The number of hydrogen-bond donors (Lipinski definition) is 0. The fourth-order valence-electron chi connectivity index (χ4n) is 0.840. The fourth-order valence-corrected chi connectivity index (χ4v) is 1.19. The second-order valence-electron chi connectivity index (χ2n) is 2.28. The summed E-state index contributed by atoms with van der Waals surface area (Å²) in [6.07, 6.45) is 1.57. The van der Waals surface area contributed by atoms with Crippen LogP contribution in [0.2, 0.25) is 0 Å². The van der Waals surface area contributed by atoms with Crippen LogP contribution in [0.15, 0.2) is 30.3 Å². The molecule has 1 atom stereocenters. The zero-order valence-corrected chi connectivity index (χ0v) is 7.48. The van der Waals surface area contributed by atoms with E-state index in [-0.39, 0.29) is 0 Å². The van der Waals surface area contributed by atoms with Gasteiger partial charge in [-0.1, -0.05) is 30.3 Å². The van der Waals surface area contributed by atoms with E-state index in [9.17, 15) is 9.18 Å². The van der Waals surface area contributed by atoms with Crippen LogP contribution in [-0.2, 0) is 0 Å². The summed E-state index contributed by atoms with van der Waals surface area (Å²) in [5, 5.41) is 0. The van der Waals surface area contributed by atoms with Crippen LogP contribution in [-0.4, -0.2) is 17.5 Å². The first-order valence-electron chi connectivity index (χ1n) is 3.52. The highest BCUT2D eigenvalue weighted by molar-refractivity contribution is 7.99. The summed E-state index contributed by atoms with van der Waals surface area (Å²) >= 11 is 0.912. The SMILES string of the molecule is CSC(F)C(=O)c1ccccc1. The lowest BCUT2D eigenvalue weighted by molar-refractivity contribution is 0.0939. The minimum Gasteiger partial charge on any atom is -0.290 e. The molecule has 0 aliphatic rings. The zero-order valence-electron chi connectivity index (χ0n) is 6.66. The number of ketones is 1. The molecule has 0 saturated heterocycles. The van der Waals surface area contributed by atoms with Crippen LogP contribution in [0.1, 0.15) is 10.4 Å². The Labute approximate surface area is 75.0 Å². The Hall–Kier alpha value is -0.830. The van der Waals surface area contributed by atoms with Crippen LogP contribution in [0.25, 0.3) is 0 Å². The van der Waals surface area contributed by atoms with Crippen LogP contribution < -0.4 is 0 Å². The van der Waals surface area contributed by atoms with Crippen LogP contribution in [0.3, 0.4) is 0 Å². The van der Waals surface area contributed by atoms with Gasteiger partial charge < -0.3 is 0 Å².